The lowest BCUT2D eigenvalue weighted by atomic mass is 9.89. The van der Waals surface area contributed by atoms with Crippen molar-refractivity contribution in [1.82, 2.24) is 19.7 Å². The molecule has 0 unspecified atom stereocenters. The molecular weight excluding hydrogens is 789 g/mol. The number of para-hydroxylation sites is 1. The van der Waals surface area contributed by atoms with Gasteiger partial charge in [0.25, 0.3) is 11.5 Å². The van der Waals surface area contributed by atoms with Gasteiger partial charge in [-0.15, -0.1) is 0 Å². The Balaban J connectivity index is 1.10. The highest BCUT2D eigenvalue weighted by molar-refractivity contribution is 6.33. The molecule has 4 aromatic rings. The van der Waals surface area contributed by atoms with Gasteiger partial charge < -0.3 is 39.8 Å². The van der Waals surface area contributed by atoms with Crippen LogP contribution in [-0.4, -0.2) is 109 Å². The Morgan fingerprint density at radius 1 is 0.932 bits per heavy atom. The van der Waals surface area contributed by atoms with Crippen molar-refractivity contribution in [2.75, 3.05) is 76.1 Å². The van der Waals surface area contributed by atoms with E-state index >= 15 is 0 Å². The Morgan fingerprint density at radius 3 is 2.29 bits per heavy atom. The number of ether oxygens (including phenoxy) is 2. The molecule has 3 heterocycles. The predicted molar refractivity (Wildman–Crippen MR) is 221 cm³/mol. The smallest absolute Gasteiger partial charge is 0.418 e. The topological polar surface area (TPSA) is 142 Å². The van der Waals surface area contributed by atoms with E-state index < -0.39 is 41.5 Å². The number of hydrogen-bond donors (Lipinski definition) is 2. The van der Waals surface area contributed by atoms with Crippen molar-refractivity contribution < 1.29 is 37.0 Å². The van der Waals surface area contributed by atoms with Crippen molar-refractivity contribution in [1.29, 1.82) is 0 Å². The van der Waals surface area contributed by atoms with Crippen LogP contribution in [0.1, 0.15) is 66.1 Å². The predicted octanol–water partition coefficient (Wildman–Crippen LogP) is 6.95. The van der Waals surface area contributed by atoms with Gasteiger partial charge in [0.15, 0.2) is 6.10 Å². The first-order chi connectivity index (χ1) is 28.2. The van der Waals surface area contributed by atoms with E-state index in [-0.39, 0.29) is 54.7 Å². The number of fused-ring (bicyclic) bond motifs is 1. The minimum absolute atomic E-state index is 0.0258. The molecular formula is C43H50ClF3N6O6. The maximum atomic E-state index is 14.1. The molecule has 0 spiro atoms. The van der Waals surface area contributed by atoms with Gasteiger partial charge in [-0.05, 0) is 97.8 Å². The number of esters is 1. The molecule has 1 atom stereocenters. The first-order valence-electron chi connectivity index (χ1n) is 20.0. The van der Waals surface area contributed by atoms with Crippen LogP contribution in [0.2, 0.25) is 5.02 Å². The number of nitrogens with zero attached hydrogens (tertiary/aromatic N) is 4. The van der Waals surface area contributed by atoms with Crippen LogP contribution in [0.4, 0.5) is 29.3 Å². The van der Waals surface area contributed by atoms with E-state index in [1.54, 1.807) is 12.1 Å². The molecule has 0 aliphatic carbocycles. The number of hydrogen-bond acceptors (Lipinski definition) is 9. The molecule has 6 rings (SSSR count). The minimum Gasteiger partial charge on any atom is -0.461 e. The van der Waals surface area contributed by atoms with Crippen LogP contribution in [0.3, 0.4) is 0 Å². The highest BCUT2D eigenvalue weighted by atomic mass is 35.5. The molecule has 2 aliphatic heterocycles. The first-order valence-corrected chi connectivity index (χ1v) is 20.4. The third-order valence-corrected chi connectivity index (χ3v) is 11.4. The number of nitrogens with two attached hydrogens (primary N) is 1. The SMILES string of the molecule is CCCN(CC)CCOC(=O)c1ccc(N2CCN(C(=O)[C@@H](Cc3cc(Cl)c(N)c(C(F)(F)F)c3)OC(=O)N3CCC(c4cc5ccccc5[nH]c4=O)CC3)CC2)cc1. The number of pyridine rings is 1. The molecule has 12 nitrogen and oxygen atoms in total. The Morgan fingerprint density at radius 2 is 1.63 bits per heavy atom. The van der Waals surface area contributed by atoms with Crippen LogP contribution < -0.4 is 16.2 Å². The van der Waals surface area contributed by atoms with Crippen molar-refractivity contribution in [3.63, 3.8) is 0 Å². The van der Waals surface area contributed by atoms with Gasteiger partial charge in [-0.25, -0.2) is 9.59 Å². The molecule has 2 fully saturated rings. The number of nitrogen functional groups attached to an aromatic ring is 1. The number of aromatic nitrogens is 1. The van der Waals surface area contributed by atoms with Gasteiger partial charge in [0.1, 0.15) is 6.61 Å². The number of piperidine rings is 1. The number of benzene rings is 3. The molecule has 2 saturated heterocycles. The van der Waals surface area contributed by atoms with Crippen LogP contribution in [0, 0.1) is 0 Å². The highest BCUT2D eigenvalue weighted by Gasteiger charge is 2.37. The number of anilines is 2. The van der Waals surface area contributed by atoms with Gasteiger partial charge in [-0.3, -0.25) is 9.59 Å². The molecule has 2 aliphatic rings. The third kappa shape index (κ3) is 10.7. The van der Waals surface area contributed by atoms with Crippen LogP contribution in [-0.2, 0) is 26.9 Å². The van der Waals surface area contributed by atoms with Gasteiger partial charge >= 0.3 is 18.2 Å². The molecule has 0 bridgehead atoms. The number of H-pyrrole nitrogens is 1. The molecule has 3 N–H and O–H groups in total. The number of amides is 2. The van der Waals surface area contributed by atoms with Crippen molar-refractivity contribution in [2.45, 2.75) is 57.7 Å². The number of nitrogens with one attached hydrogen (secondary N) is 1. The average Bonchev–Trinajstić information content (AvgIpc) is 3.23. The fourth-order valence-corrected chi connectivity index (χ4v) is 7.99. The lowest BCUT2D eigenvalue weighted by molar-refractivity contribution is -0.141. The fraction of sp³-hybridized carbons (Fsp3) is 0.442. The second kappa shape index (κ2) is 19.2. The highest BCUT2D eigenvalue weighted by Crippen LogP contribution is 2.38. The summed E-state index contributed by atoms with van der Waals surface area (Å²) in [6, 6.07) is 18.4. The molecule has 2 amide bonds. The maximum Gasteiger partial charge on any atom is 0.418 e. The van der Waals surface area contributed by atoms with Crippen molar-refractivity contribution >= 4 is 51.8 Å². The van der Waals surface area contributed by atoms with Crippen molar-refractivity contribution in [3.8, 4) is 0 Å². The summed E-state index contributed by atoms with van der Waals surface area (Å²) in [4.78, 5) is 63.5. The van der Waals surface area contributed by atoms with Gasteiger partial charge in [0.2, 0.25) is 0 Å². The van der Waals surface area contributed by atoms with Crippen molar-refractivity contribution in [3.05, 3.63) is 104 Å². The van der Waals surface area contributed by atoms with Gasteiger partial charge in [-0.1, -0.05) is 43.6 Å². The summed E-state index contributed by atoms with van der Waals surface area (Å²) in [7, 11) is 0. The summed E-state index contributed by atoms with van der Waals surface area (Å²) in [6.07, 6.45) is -5.47. The lowest BCUT2D eigenvalue weighted by Crippen LogP contribution is -2.53. The van der Waals surface area contributed by atoms with Crippen LogP contribution in [0.25, 0.3) is 10.9 Å². The number of carbonyl (C=O) groups excluding carboxylic acids is 3. The van der Waals surface area contributed by atoms with E-state index in [0.717, 1.165) is 42.2 Å². The van der Waals surface area contributed by atoms with E-state index in [9.17, 15) is 32.3 Å². The summed E-state index contributed by atoms with van der Waals surface area (Å²) >= 11 is 6.13. The second-order valence-corrected chi connectivity index (χ2v) is 15.4. The number of halogens is 4. The summed E-state index contributed by atoms with van der Waals surface area (Å²) in [5, 5.41) is 0.566. The molecule has 316 valence electrons. The summed E-state index contributed by atoms with van der Waals surface area (Å²) in [6.45, 7) is 8.73. The standard InChI is InChI=1S/C43H50ClF3N6O6/c1-3-15-50(4-2)22-23-58-41(56)30-9-11-32(12-10-30)51-18-20-52(21-19-51)40(55)37(26-28-24-34(43(45,46)47)38(48)35(44)25-28)59-42(57)53-16-13-29(14-17-53)33-27-31-7-5-6-8-36(31)49-39(33)54/h5-12,24-25,27,29,37H,3-4,13-23,26,48H2,1-2H3,(H,49,54)/t37-/m1/s1. The zero-order chi connectivity index (χ0) is 42.3. The molecule has 3 aromatic carbocycles. The van der Waals surface area contributed by atoms with Crippen LogP contribution in [0.15, 0.2) is 71.5 Å². The first kappa shape index (κ1) is 43.3. The van der Waals surface area contributed by atoms with Crippen LogP contribution in [0.5, 0.6) is 0 Å². The zero-order valence-corrected chi connectivity index (χ0v) is 34.0. The number of carbonyl (C=O) groups is 3. The fourth-order valence-electron chi connectivity index (χ4n) is 7.75. The molecule has 0 saturated carbocycles. The summed E-state index contributed by atoms with van der Waals surface area (Å²) < 4.78 is 53.0. The third-order valence-electron chi connectivity index (χ3n) is 11.1. The average molecular weight is 839 g/mol. The number of likely N-dealkylation sites (tertiary alicyclic amines) is 1. The largest absolute Gasteiger partial charge is 0.461 e. The van der Waals surface area contributed by atoms with E-state index in [0.29, 0.717) is 50.2 Å². The van der Waals surface area contributed by atoms with Crippen LogP contribution >= 0.6 is 11.6 Å². The van der Waals surface area contributed by atoms with Gasteiger partial charge in [-0.2, -0.15) is 13.2 Å². The molecule has 0 radical (unpaired) electrons. The lowest BCUT2D eigenvalue weighted by Gasteiger charge is -2.38. The summed E-state index contributed by atoms with van der Waals surface area (Å²) in [5.74, 6) is -1.08. The van der Waals surface area contributed by atoms with Gasteiger partial charge in [0, 0.05) is 69.0 Å². The minimum atomic E-state index is -4.81. The van der Waals surface area contributed by atoms with E-state index in [2.05, 4.69) is 23.7 Å². The molecule has 1 aromatic heterocycles. The van der Waals surface area contributed by atoms with Crippen molar-refractivity contribution in [2.24, 2.45) is 0 Å². The second-order valence-electron chi connectivity index (χ2n) is 14.9. The molecule has 59 heavy (non-hydrogen) atoms. The Hall–Kier alpha value is -5.28. The van der Waals surface area contributed by atoms with Gasteiger partial charge in [0.05, 0.1) is 21.8 Å². The normalized spacial score (nSPS) is 15.7. The quantitative estimate of drug-likeness (QED) is 0.108. The number of piperazine rings is 1. The Labute approximate surface area is 346 Å². The van der Waals surface area contributed by atoms with E-state index in [1.807, 2.05) is 47.4 Å². The monoisotopic (exact) mass is 838 g/mol. The number of rotatable bonds is 13. The Kier molecular flexibility index (Phi) is 14.1. The number of likely N-dealkylation sites (N-methyl/N-ethyl adjacent to an activating group) is 1. The van der Waals surface area contributed by atoms with E-state index in [1.165, 1.54) is 15.9 Å². The maximum absolute atomic E-state index is 14.1. The number of alkyl halides is 3. The molecule has 16 heteroatoms. The Bertz CT molecular complexity index is 2170. The number of aromatic amines is 1. The summed E-state index contributed by atoms with van der Waals surface area (Å²) in [5.41, 5.74) is 6.34. The zero-order valence-electron chi connectivity index (χ0n) is 33.2. The van der Waals surface area contributed by atoms with E-state index in [4.69, 9.17) is 26.8 Å².